The summed E-state index contributed by atoms with van der Waals surface area (Å²) >= 11 is 0. The van der Waals surface area contributed by atoms with Crippen molar-refractivity contribution in [3.63, 3.8) is 0 Å². The standard InChI is InChI=1S/C18H23NO5/c1-5-6-11(2)19-16(20)10-23-18(21)17-12(3)14-9-13(22-4)7-8-15(14)24-17/h7-9,11H,5-6,10H2,1-4H3,(H,19,20)/t11-/m1/s1. The highest BCUT2D eigenvalue weighted by Crippen LogP contribution is 2.29. The van der Waals surface area contributed by atoms with Gasteiger partial charge in [0.2, 0.25) is 5.76 Å². The zero-order valence-electron chi connectivity index (χ0n) is 14.5. The van der Waals surface area contributed by atoms with Gasteiger partial charge in [0.25, 0.3) is 5.91 Å². The number of nitrogens with one attached hydrogen (secondary N) is 1. The quantitative estimate of drug-likeness (QED) is 0.787. The summed E-state index contributed by atoms with van der Waals surface area (Å²) in [5, 5.41) is 3.56. The van der Waals surface area contributed by atoms with Crippen molar-refractivity contribution in [3.8, 4) is 5.75 Å². The van der Waals surface area contributed by atoms with Gasteiger partial charge in [0.15, 0.2) is 6.61 Å². The van der Waals surface area contributed by atoms with E-state index in [1.54, 1.807) is 32.2 Å². The van der Waals surface area contributed by atoms with Gasteiger partial charge in [-0.15, -0.1) is 0 Å². The van der Waals surface area contributed by atoms with Gasteiger partial charge in [-0.3, -0.25) is 4.79 Å². The fraction of sp³-hybridized carbons (Fsp3) is 0.444. The summed E-state index contributed by atoms with van der Waals surface area (Å²) in [5.41, 5.74) is 1.23. The van der Waals surface area contributed by atoms with Crippen LogP contribution in [-0.2, 0) is 9.53 Å². The zero-order chi connectivity index (χ0) is 17.7. The number of ether oxygens (including phenoxy) is 2. The molecule has 1 aromatic carbocycles. The van der Waals surface area contributed by atoms with Gasteiger partial charge in [0.1, 0.15) is 11.3 Å². The maximum Gasteiger partial charge on any atom is 0.375 e. The number of aryl methyl sites for hydroxylation is 1. The lowest BCUT2D eigenvalue weighted by Gasteiger charge is -2.12. The minimum absolute atomic E-state index is 0.0570. The Bertz CT molecular complexity index is 734. The fourth-order valence-corrected chi connectivity index (χ4v) is 2.54. The van der Waals surface area contributed by atoms with E-state index < -0.39 is 5.97 Å². The molecule has 0 aliphatic rings. The van der Waals surface area contributed by atoms with Crippen molar-refractivity contribution in [1.29, 1.82) is 0 Å². The maximum atomic E-state index is 12.2. The molecule has 0 aliphatic carbocycles. The van der Waals surface area contributed by atoms with E-state index in [0.29, 0.717) is 16.9 Å². The zero-order valence-corrected chi connectivity index (χ0v) is 14.5. The molecule has 0 bridgehead atoms. The monoisotopic (exact) mass is 333 g/mol. The Labute approximate surface area is 141 Å². The van der Waals surface area contributed by atoms with Crippen LogP contribution in [0.25, 0.3) is 11.0 Å². The lowest BCUT2D eigenvalue weighted by atomic mass is 10.1. The van der Waals surface area contributed by atoms with Gasteiger partial charge in [0.05, 0.1) is 7.11 Å². The summed E-state index contributed by atoms with van der Waals surface area (Å²) in [7, 11) is 1.57. The van der Waals surface area contributed by atoms with E-state index in [2.05, 4.69) is 5.32 Å². The van der Waals surface area contributed by atoms with E-state index in [1.165, 1.54) is 0 Å². The Hall–Kier alpha value is -2.50. The highest BCUT2D eigenvalue weighted by atomic mass is 16.5. The molecule has 6 nitrogen and oxygen atoms in total. The third-order valence-electron chi connectivity index (χ3n) is 3.79. The Morgan fingerprint density at radius 2 is 2.08 bits per heavy atom. The van der Waals surface area contributed by atoms with Gasteiger partial charge in [0, 0.05) is 17.0 Å². The van der Waals surface area contributed by atoms with Crippen molar-refractivity contribution in [2.75, 3.05) is 13.7 Å². The molecular formula is C18H23NO5. The van der Waals surface area contributed by atoms with E-state index in [1.807, 2.05) is 13.8 Å². The molecule has 1 N–H and O–H groups in total. The van der Waals surface area contributed by atoms with Crippen LogP contribution in [0.4, 0.5) is 0 Å². The van der Waals surface area contributed by atoms with E-state index in [4.69, 9.17) is 13.9 Å². The first-order chi connectivity index (χ1) is 11.5. The summed E-state index contributed by atoms with van der Waals surface area (Å²) in [5.74, 6) is -0.191. The topological polar surface area (TPSA) is 77.8 Å². The molecule has 0 fully saturated rings. The van der Waals surface area contributed by atoms with E-state index in [9.17, 15) is 9.59 Å². The minimum Gasteiger partial charge on any atom is -0.497 e. The molecule has 130 valence electrons. The molecule has 0 spiro atoms. The lowest BCUT2D eigenvalue weighted by molar-refractivity contribution is -0.124. The number of benzene rings is 1. The largest absolute Gasteiger partial charge is 0.497 e. The van der Waals surface area contributed by atoms with Gasteiger partial charge in [-0.2, -0.15) is 0 Å². The third-order valence-corrected chi connectivity index (χ3v) is 3.79. The van der Waals surface area contributed by atoms with E-state index in [0.717, 1.165) is 18.2 Å². The van der Waals surface area contributed by atoms with Crippen LogP contribution in [0.2, 0.25) is 0 Å². The van der Waals surface area contributed by atoms with Crippen molar-refractivity contribution >= 4 is 22.8 Å². The average Bonchev–Trinajstić information content (AvgIpc) is 2.89. The predicted octanol–water partition coefficient (Wildman–Crippen LogP) is 3.21. The van der Waals surface area contributed by atoms with Crippen molar-refractivity contribution in [3.05, 3.63) is 29.5 Å². The molecule has 0 aliphatic heterocycles. The molecule has 1 atom stereocenters. The van der Waals surface area contributed by atoms with Crippen molar-refractivity contribution < 1.29 is 23.5 Å². The fourth-order valence-electron chi connectivity index (χ4n) is 2.54. The van der Waals surface area contributed by atoms with Gasteiger partial charge < -0.3 is 19.2 Å². The second-order valence-corrected chi connectivity index (χ2v) is 5.75. The normalized spacial score (nSPS) is 12.0. The van der Waals surface area contributed by atoms with E-state index in [-0.39, 0.29) is 24.3 Å². The molecular weight excluding hydrogens is 310 g/mol. The maximum absolute atomic E-state index is 12.2. The summed E-state index contributed by atoms with van der Waals surface area (Å²) in [6, 6.07) is 5.34. The Balaban J connectivity index is 2.03. The van der Waals surface area contributed by atoms with Gasteiger partial charge in [-0.05, 0) is 38.5 Å². The van der Waals surface area contributed by atoms with Gasteiger partial charge >= 0.3 is 5.97 Å². The molecule has 0 saturated carbocycles. The molecule has 2 rings (SSSR count). The van der Waals surface area contributed by atoms with Crippen molar-refractivity contribution in [2.45, 2.75) is 39.7 Å². The highest BCUT2D eigenvalue weighted by molar-refractivity contribution is 5.97. The minimum atomic E-state index is -0.652. The number of carbonyl (C=O) groups excluding carboxylic acids is 2. The number of amides is 1. The number of carbonyl (C=O) groups is 2. The van der Waals surface area contributed by atoms with Crippen molar-refractivity contribution in [2.24, 2.45) is 0 Å². The van der Waals surface area contributed by atoms with Crippen LogP contribution in [-0.4, -0.2) is 31.6 Å². The molecule has 0 unspecified atom stereocenters. The molecule has 1 aromatic heterocycles. The lowest BCUT2D eigenvalue weighted by Crippen LogP contribution is -2.35. The average molecular weight is 333 g/mol. The summed E-state index contributed by atoms with van der Waals surface area (Å²) < 4.78 is 15.8. The molecule has 2 aromatic rings. The number of esters is 1. The molecule has 1 heterocycles. The Kier molecular flexibility index (Phi) is 5.84. The van der Waals surface area contributed by atoms with Crippen LogP contribution < -0.4 is 10.1 Å². The number of methoxy groups -OCH3 is 1. The second kappa shape index (κ2) is 7.86. The van der Waals surface area contributed by atoms with Crippen LogP contribution in [0, 0.1) is 6.92 Å². The van der Waals surface area contributed by atoms with Crippen molar-refractivity contribution in [1.82, 2.24) is 5.32 Å². The molecule has 6 heteroatoms. The number of hydrogen-bond donors (Lipinski definition) is 1. The summed E-state index contributed by atoms with van der Waals surface area (Å²) in [6.07, 6.45) is 1.85. The molecule has 0 radical (unpaired) electrons. The first-order valence-electron chi connectivity index (χ1n) is 7.99. The SMILES string of the molecule is CCC[C@@H](C)NC(=O)COC(=O)c1oc2ccc(OC)cc2c1C. The molecule has 0 saturated heterocycles. The Morgan fingerprint density at radius 1 is 1.33 bits per heavy atom. The smallest absolute Gasteiger partial charge is 0.375 e. The summed E-state index contributed by atoms with van der Waals surface area (Å²) in [4.78, 5) is 23.9. The molecule has 1 amide bonds. The van der Waals surface area contributed by atoms with Crippen LogP contribution >= 0.6 is 0 Å². The third kappa shape index (κ3) is 4.07. The van der Waals surface area contributed by atoms with Crippen LogP contribution in [0.3, 0.4) is 0 Å². The second-order valence-electron chi connectivity index (χ2n) is 5.75. The van der Waals surface area contributed by atoms with Gasteiger partial charge in [-0.1, -0.05) is 13.3 Å². The van der Waals surface area contributed by atoms with Gasteiger partial charge in [-0.25, -0.2) is 4.79 Å². The predicted molar refractivity (Wildman–Crippen MR) is 90.3 cm³/mol. The van der Waals surface area contributed by atoms with Crippen LogP contribution in [0.15, 0.2) is 22.6 Å². The number of rotatable bonds is 7. The van der Waals surface area contributed by atoms with E-state index >= 15 is 0 Å². The van der Waals surface area contributed by atoms with Crippen LogP contribution in [0.5, 0.6) is 5.75 Å². The first-order valence-corrected chi connectivity index (χ1v) is 7.99. The van der Waals surface area contributed by atoms with Crippen LogP contribution in [0.1, 0.15) is 42.8 Å². The summed E-state index contributed by atoms with van der Waals surface area (Å²) in [6.45, 7) is 5.40. The number of fused-ring (bicyclic) bond motifs is 1. The number of hydrogen-bond acceptors (Lipinski definition) is 5. The Morgan fingerprint density at radius 3 is 2.75 bits per heavy atom. The first kappa shape index (κ1) is 17.8. The highest BCUT2D eigenvalue weighted by Gasteiger charge is 2.20. The molecule has 24 heavy (non-hydrogen) atoms. The number of furan rings is 1.